The van der Waals surface area contributed by atoms with Gasteiger partial charge in [-0.15, -0.1) is 11.6 Å². The molecular formula is C6H5BrCl2N2. The predicted octanol–water partition coefficient (Wildman–Crippen LogP) is 3.19. The minimum atomic E-state index is -0.208. The van der Waals surface area contributed by atoms with E-state index in [0.29, 0.717) is 15.5 Å². The second-order valence-corrected chi connectivity index (χ2v) is 3.85. The molecule has 0 bridgehead atoms. The molecule has 11 heavy (non-hydrogen) atoms. The fourth-order valence-corrected chi connectivity index (χ4v) is 0.982. The van der Waals surface area contributed by atoms with Crippen LogP contribution in [0.3, 0.4) is 0 Å². The summed E-state index contributed by atoms with van der Waals surface area (Å²) >= 11 is 14.6. The molecule has 5 heteroatoms. The van der Waals surface area contributed by atoms with Gasteiger partial charge in [0.1, 0.15) is 11.0 Å². The van der Waals surface area contributed by atoms with E-state index in [4.69, 9.17) is 23.2 Å². The molecule has 2 nitrogen and oxygen atoms in total. The van der Waals surface area contributed by atoms with Gasteiger partial charge in [0.15, 0.2) is 0 Å². The summed E-state index contributed by atoms with van der Waals surface area (Å²) in [4.78, 5) is 7.91. The van der Waals surface area contributed by atoms with E-state index in [2.05, 4.69) is 25.9 Å². The summed E-state index contributed by atoms with van der Waals surface area (Å²) in [6, 6.07) is 0. The summed E-state index contributed by atoms with van der Waals surface area (Å²) < 4.78 is 0.681. The normalized spacial score (nSPS) is 13.1. The average molecular weight is 256 g/mol. The van der Waals surface area contributed by atoms with Crippen LogP contribution in [0.25, 0.3) is 0 Å². The number of alkyl halides is 1. The van der Waals surface area contributed by atoms with Crippen LogP contribution in [0.2, 0.25) is 5.15 Å². The van der Waals surface area contributed by atoms with E-state index in [1.54, 1.807) is 13.1 Å². The zero-order valence-corrected chi connectivity index (χ0v) is 8.78. The molecule has 1 heterocycles. The molecule has 1 atom stereocenters. The van der Waals surface area contributed by atoms with Gasteiger partial charge in [0.25, 0.3) is 0 Å². The van der Waals surface area contributed by atoms with Crippen LogP contribution in [-0.2, 0) is 0 Å². The molecule has 0 aliphatic rings. The summed E-state index contributed by atoms with van der Waals surface area (Å²) in [5.41, 5.74) is 0. The largest absolute Gasteiger partial charge is 0.238 e. The maximum absolute atomic E-state index is 5.73. The topological polar surface area (TPSA) is 25.8 Å². The fraction of sp³-hybridized carbons (Fsp3) is 0.333. The molecule has 1 rings (SSSR count). The summed E-state index contributed by atoms with van der Waals surface area (Å²) in [7, 11) is 0. The van der Waals surface area contributed by atoms with Gasteiger partial charge < -0.3 is 0 Å². The van der Waals surface area contributed by atoms with Crippen LogP contribution in [-0.4, -0.2) is 9.97 Å². The van der Waals surface area contributed by atoms with Crippen LogP contribution in [0.4, 0.5) is 0 Å². The first-order valence-corrected chi connectivity index (χ1v) is 4.54. The highest BCUT2D eigenvalue weighted by atomic mass is 79.9. The fourth-order valence-electron chi connectivity index (χ4n) is 0.551. The van der Waals surface area contributed by atoms with Crippen LogP contribution >= 0.6 is 39.1 Å². The van der Waals surface area contributed by atoms with Crippen molar-refractivity contribution in [3.05, 3.63) is 21.6 Å². The lowest BCUT2D eigenvalue weighted by molar-refractivity contribution is 0.905. The van der Waals surface area contributed by atoms with Crippen LogP contribution in [0.1, 0.15) is 18.1 Å². The van der Waals surface area contributed by atoms with E-state index in [1.165, 1.54) is 0 Å². The molecule has 0 amide bonds. The van der Waals surface area contributed by atoms with Crippen LogP contribution < -0.4 is 0 Å². The first-order chi connectivity index (χ1) is 5.11. The monoisotopic (exact) mass is 254 g/mol. The molecule has 0 spiro atoms. The lowest BCUT2D eigenvalue weighted by Crippen LogP contribution is -1.94. The summed E-state index contributed by atoms with van der Waals surface area (Å²) in [5, 5.41) is 0.183. The Morgan fingerprint density at radius 2 is 2.27 bits per heavy atom. The Morgan fingerprint density at radius 3 is 2.73 bits per heavy atom. The Hall–Kier alpha value is 0.140. The van der Waals surface area contributed by atoms with Gasteiger partial charge in [0.2, 0.25) is 0 Å². The number of aromatic nitrogens is 2. The number of halogens is 3. The predicted molar refractivity (Wildman–Crippen MR) is 49.0 cm³/mol. The van der Waals surface area contributed by atoms with Crippen molar-refractivity contribution in [2.75, 3.05) is 0 Å². The molecule has 0 aromatic carbocycles. The quantitative estimate of drug-likeness (QED) is 0.569. The third-order valence-electron chi connectivity index (χ3n) is 1.08. The minimum absolute atomic E-state index is 0.208. The van der Waals surface area contributed by atoms with Crippen molar-refractivity contribution in [2.24, 2.45) is 0 Å². The maximum atomic E-state index is 5.73. The number of hydrogen-bond acceptors (Lipinski definition) is 2. The van der Waals surface area contributed by atoms with E-state index in [-0.39, 0.29) is 5.38 Å². The first kappa shape index (κ1) is 9.23. The lowest BCUT2D eigenvalue weighted by atomic mass is 10.4. The summed E-state index contributed by atoms with van der Waals surface area (Å²) in [5.74, 6) is 0.542. The van der Waals surface area contributed by atoms with Crippen LogP contribution in [0.15, 0.2) is 10.7 Å². The van der Waals surface area contributed by atoms with Crippen molar-refractivity contribution >= 4 is 39.1 Å². The number of nitrogens with zero attached hydrogens (tertiary/aromatic N) is 2. The Bertz CT molecular complexity index is 265. The molecular weight excluding hydrogens is 251 g/mol. The zero-order chi connectivity index (χ0) is 8.43. The standard InChI is InChI=1S/C6H5BrCl2N2/c1-3(8)6-10-2-4(7)5(9)11-6/h2-3H,1H3. The molecule has 0 fully saturated rings. The molecule has 1 unspecified atom stereocenters. The van der Waals surface area contributed by atoms with E-state index in [1.807, 2.05) is 0 Å². The Balaban J connectivity index is 3.05. The van der Waals surface area contributed by atoms with Gasteiger partial charge in [-0.1, -0.05) is 11.6 Å². The molecule has 0 N–H and O–H groups in total. The van der Waals surface area contributed by atoms with Gasteiger partial charge in [-0.25, -0.2) is 9.97 Å². The molecule has 0 aliphatic carbocycles. The van der Waals surface area contributed by atoms with Gasteiger partial charge in [-0.2, -0.15) is 0 Å². The van der Waals surface area contributed by atoms with Crippen molar-refractivity contribution in [1.29, 1.82) is 0 Å². The third kappa shape index (κ3) is 2.29. The molecule has 0 saturated carbocycles. The van der Waals surface area contributed by atoms with Crippen molar-refractivity contribution < 1.29 is 0 Å². The van der Waals surface area contributed by atoms with Gasteiger partial charge in [0, 0.05) is 6.20 Å². The highest BCUT2D eigenvalue weighted by Crippen LogP contribution is 2.22. The highest BCUT2D eigenvalue weighted by Gasteiger charge is 2.06. The summed E-state index contributed by atoms with van der Waals surface area (Å²) in [6.07, 6.45) is 1.59. The Labute approximate surface area is 83.1 Å². The van der Waals surface area contributed by atoms with E-state index in [0.717, 1.165) is 0 Å². The second-order valence-electron chi connectivity index (χ2n) is 1.98. The smallest absolute Gasteiger partial charge is 0.147 e. The SMILES string of the molecule is CC(Cl)c1ncc(Br)c(Cl)n1. The molecule has 0 aliphatic heterocycles. The molecule has 0 saturated heterocycles. The van der Waals surface area contributed by atoms with Crippen molar-refractivity contribution in [1.82, 2.24) is 9.97 Å². The molecule has 0 radical (unpaired) electrons. The Morgan fingerprint density at radius 1 is 1.64 bits per heavy atom. The van der Waals surface area contributed by atoms with Gasteiger partial charge in [-0.05, 0) is 22.9 Å². The summed E-state index contributed by atoms with van der Waals surface area (Å²) in [6.45, 7) is 1.79. The maximum Gasteiger partial charge on any atom is 0.147 e. The van der Waals surface area contributed by atoms with Crippen LogP contribution in [0, 0.1) is 0 Å². The van der Waals surface area contributed by atoms with Crippen molar-refractivity contribution in [2.45, 2.75) is 12.3 Å². The van der Waals surface area contributed by atoms with Crippen molar-refractivity contribution in [3.63, 3.8) is 0 Å². The van der Waals surface area contributed by atoms with Gasteiger partial charge >= 0.3 is 0 Å². The van der Waals surface area contributed by atoms with E-state index in [9.17, 15) is 0 Å². The Kier molecular flexibility index (Phi) is 3.10. The van der Waals surface area contributed by atoms with Crippen LogP contribution in [0.5, 0.6) is 0 Å². The van der Waals surface area contributed by atoms with Crippen molar-refractivity contribution in [3.8, 4) is 0 Å². The third-order valence-corrected chi connectivity index (χ3v) is 2.37. The first-order valence-electron chi connectivity index (χ1n) is 2.93. The molecule has 1 aromatic rings. The average Bonchev–Trinajstić information content (AvgIpc) is 1.94. The second kappa shape index (κ2) is 3.70. The molecule has 1 aromatic heterocycles. The molecule has 60 valence electrons. The lowest BCUT2D eigenvalue weighted by Gasteiger charge is -2.01. The number of hydrogen-bond donors (Lipinski definition) is 0. The number of rotatable bonds is 1. The van der Waals surface area contributed by atoms with Gasteiger partial charge in [-0.3, -0.25) is 0 Å². The van der Waals surface area contributed by atoms with Gasteiger partial charge in [0.05, 0.1) is 9.85 Å². The van der Waals surface area contributed by atoms with E-state index >= 15 is 0 Å². The highest BCUT2D eigenvalue weighted by molar-refractivity contribution is 9.10. The van der Waals surface area contributed by atoms with E-state index < -0.39 is 0 Å². The zero-order valence-electron chi connectivity index (χ0n) is 5.68. The minimum Gasteiger partial charge on any atom is -0.238 e.